The average molecular weight is 411 g/mol. The summed E-state index contributed by atoms with van der Waals surface area (Å²) in [5.74, 6) is -0.828. The Balaban J connectivity index is 1.51. The van der Waals surface area contributed by atoms with Crippen LogP contribution in [0.4, 0.5) is 0 Å². The molecule has 1 atom stereocenters. The number of carbonyl (C=O) groups is 3. The molecule has 8 heteroatoms. The Hall–Kier alpha value is -3.16. The molecule has 0 bridgehead atoms. The van der Waals surface area contributed by atoms with Crippen molar-refractivity contribution in [1.82, 2.24) is 15.0 Å². The lowest BCUT2D eigenvalue weighted by Gasteiger charge is -2.39. The number of carboxylic acid groups (broad SMARTS) is 1. The lowest BCUT2D eigenvalue weighted by atomic mass is 9.76. The summed E-state index contributed by atoms with van der Waals surface area (Å²) in [6.45, 7) is 4.60. The van der Waals surface area contributed by atoms with Gasteiger partial charge in [-0.1, -0.05) is 35.5 Å². The first kappa shape index (κ1) is 20.1. The lowest BCUT2D eigenvalue weighted by molar-refractivity contribution is -0.147. The molecule has 0 saturated carbocycles. The number of hydrogen-bond donors (Lipinski definition) is 1. The minimum Gasteiger partial charge on any atom is -0.480 e. The van der Waals surface area contributed by atoms with E-state index in [0.29, 0.717) is 55.9 Å². The zero-order valence-corrected chi connectivity index (χ0v) is 17.1. The quantitative estimate of drug-likeness (QED) is 0.833. The van der Waals surface area contributed by atoms with Crippen LogP contribution in [0, 0.1) is 12.3 Å². The van der Waals surface area contributed by atoms with E-state index in [4.69, 9.17) is 4.52 Å². The molecule has 30 heavy (non-hydrogen) atoms. The van der Waals surface area contributed by atoms with Gasteiger partial charge in [0.1, 0.15) is 23.1 Å². The third kappa shape index (κ3) is 3.46. The molecule has 8 nitrogen and oxygen atoms in total. The van der Waals surface area contributed by atoms with Crippen molar-refractivity contribution in [2.75, 3.05) is 19.6 Å². The molecule has 2 aliphatic rings. The number of hydrogen-bond acceptors (Lipinski definition) is 5. The van der Waals surface area contributed by atoms with Crippen molar-refractivity contribution in [3.8, 4) is 11.3 Å². The first-order chi connectivity index (χ1) is 14.3. The second-order valence-electron chi connectivity index (χ2n) is 8.33. The Morgan fingerprint density at radius 1 is 1.17 bits per heavy atom. The van der Waals surface area contributed by atoms with E-state index in [1.54, 1.807) is 11.8 Å². The largest absolute Gasteiger partial charge is 0.480 e. The molecular weight excluding hydrogens is 386 g/mol. The van der Waals surface area contributed by atoms with Gasteiger partial charge in [0.2, 0.25) is 5.91 Å². The molecule has 1 spiro atoms. The minimum atomic E-state index is -0.965. The van der Waals surface area contributed by atoms with Gasteiger partial charge < -0.3 is 19.4 Å². The summed E-state index contributed by atoms with van der Waals surface area (Å²) in [7, 11) is 0. The number of aromatic nitrogens is 1. The fourth-order valence-corrected chi connectivity index (χ4v) is 4.73. The number of rotatable bonds is 3. The van der Waals surface area contributed by atoms with E-state index in [9.17, 15) is 19.5 Å². The molecule has 3 heterocycles. The summed E-state index contributed by atoms with van der Waals surface area (Å²) in [5.41, 5.74) is 1.57. The zero-order chi connectivity index (χ0) is 21.5. The van der Waals surface area contributed by atoms with Gasteiger partial charge in [0.15, 0.2) is 0 Å². The van der Waals surface area contributed by atoms with Gasteiger partial charge in [0, 0.05) is 32.1 Å². The zero-order valence-electron chi connectivity index (χ0n) is 17.1. The molecule has 1 N–H and O–H groups in total. The molecule has 2 aliphatic heterocycles. The van der Waals surface area contributed by atoms with Crippen molar-refractivity contribution in [2.24, 2.45) is 5.41 Å². The van der Waals surface area contributed by atoms with E-state index in [-0.39, 0.29) is 17.2 Å². The van der Waals surface area contributed by atoms with E-state index in [2.05, 4.69) is 5.16 Å². The van der Waals surface area contributed by atoms with Crippen molar-refractivity contribution in [1.29, 1.82) is 0 Å². The SMILES string of the molecule is CC(=O)N1CC2(CCN(C(=O)c3c(-c4ccccc4)noc3C)CC2)CC1C(=O)O. The van der Waals surface area contributed by atoms with Crippen molar-refractivity contribution in [3.05, 3.63) is 41.7 Å². The van der Waals surface area contributed by atoms with Crippen molar-refractivity contribution < 1.29 is 24.0 Å². The van der Waals surface area contributed by atoms with Crippen LogP contribution in [0.1, 0.15) is 42.3 Å². The number of benzene rings is 1. The van der Waals surface area contributed by atoms with Crippen LogP contribution < -0.4 is 0 Å². The maximum absolute atomic E-state index is 13.3. The number of amides is 2. The van der Waals surface area contributed by atoms with Gasteiger partial charge in [0.05, 0.1) is 0 Å². The number of likely N-dealkylation sites (tertiary alicyclic amines) is 2. The van der Waals surface area contributed by atoms with E-state index < -0.39 is 12.0 Å². The van der Waals surface area contributed by atoms with Gasteiger partial charge in [-0.3, -0.25) is 9.59 Å². The summed E-state index contributed by atoms with van der Waals surface area (Å²) in [5, 5.41) is 13.6. The summed E-state index contributed by atoms with van der Waals surface area (Å²) < 4.78 is 5.33. The van der Waals surface area contributed by atoms with Crippen molar-refractivity contribution >= 4 is 17.8 Å². The van der Waals surface area contributed by atoms with Gasteiger partial charge in [0.25, 0.3) is 5.91 Å². The highest BCUT2D eigenvalue weighted by Gasteiger charge is 2.49. The fraction of sp³-hybridized carbons (Fsp3) is 0.455. The van der Waals surface area contributed by atoms with Crippen LogP contribution in [-0.4, -0.2) is 63.5 Å². The number of piperidine rings is 1. The number of carbonyl (C=O) groups excluding carboxylic acids is 2. The highest BCUT2D eigenvalue weighted by atomic mass is 16.5. The molecule has 2 fully saturated rings. The van der Waals surface area contributed by atoms with E-state index >= 15 is 0 Å². The molecule has 1 unspecified atom stereocenters. The Kier molecular flexibility index (Phi) is 5.09. The molecule has 2 amide bonds. The summed E-state index contributed by atoms with van der Waals surface area (Å²) in [6, 6.07) is 8.67. The first-order valence-electron chi connectivity index (χ1n) is 10.1. The number of aryl methyl sites for hydroxylation is 1. The third-order valence-electron chi connectivity index (χ3n) is 6.43. The van der Waals surface area contributed by atoms with Crippen LogP contribution in [-0.2, 0) is 9.59 Å². The molecule has 0 aliphatic carbocycles. The van der Waals surface area contributed by atoms with Crippen LogP contribution in [0.2, 0.25) is 0 Å². The summed E-state index contributed by atoms with van der Waals surface area (Å²) in [6.07, 6.45) is 1.76. The molecule has 1 aromatic carbocycles. The monoisotopic (exact) mass is 411 g/mol. The summed E-state index contributed by atoms with van der Waals surface area (Å²) in [4.78, 5) is 40.0. The molecule has 4 rings (SSSR count). The minimum absolute atomic E-state index is 0.126. The highest BCUT2D eigenvalue weighted by Crippen LogP contribution is 2.44. The van der Waals surface area contributed by atoms with Crippen LogP contribution in [0.5, 0.6) is 0 Å². The molecule has 158 valence electrons. The number of aliphatic carboxylic acids is 1. The normalized spacial score (nSPS) is 20.5. The summed E-state index contributed by atoms with van der Waals surface area (Å²) >= 11 is 0. The van der Waals surface area contributed by atoms with Gasteiger partial charge in [-0.05, 0) is 31.6 Å². The predicted octanol–water partition coefficient (Wildman–Crippen LogP) is 2.58. The standard InChI is InChI=1S/C22H25N3O5/c1-14-18(19(23-30-14)16-6-4-3-5-7-16)20(27)24-10-8-22(9-11-24)12-17(21(28)29)25(13-22)15(2)26/h3-7,17H,8-13H2,1-2H3,(H,28,29). The van der Waals surface area contributed by atoms with Gasteiger partial charge in [-0.15, -0.1) is 0 Å². The molecule has 1 aromatic heterocycles. The van der Waals surface area contributed by atoms with E-state index in [1.807, 2.05) is 30.3 Å². The van der Waals surface area contributed by atoms with Crippen molar-refractivity contribution in [3.63, 3.8) is 0 Å². The Labute approximate surface area is 174 Å². The second-order valence-corrected chi connectivity index (χ2v) is 8.33. The lowest BCUT2D eigenvalue weighted by Crippen LogP contribution is -2.44. The first-order valence-corrected chi connectivity index (χ1v) is 10.1. The van der Waals surface area contributed by atoms with Crippen molar-refractivity contribution in [2.45, 2.75) is 39.2 Å². The molecule has 0 radical (unpaired) electrons. The van der Waals surface area contributed by atoms with Crippen LogP contribution in [0.25, 0.3) is 11.3 Å². The maximum atomic E-state index is 13.3. The number of carboxylic acids is 1. The van der Waals surface area contributed by atoms with E-state index in [0.717, 1.165) is 5.56 Å². The maximum Gasteiger partial charge on any atom is 0.326 e. The van der Waals surface area contributed by atoms with Gasteiger partial charge >= 0.3 is 5.97 Å². The predicted molar refractivity (Wildman–Crippen MR) is 108 cm³/mol. The fourth-order valence-electron chi connectivity index (χ4n) is 4.73. The van der Waals surface area contributed by atoms with E-state index in [1.165, 1.54) is 11.8 Å². The highest BCUT2D eigenvalue weighted by molar-refractivity contribution is 6.00. The number of nitrogens with zero attached hydrogens (tertiary/aromatic N) is 3. The Bertz CT molecular complexity index is 952. The average Bonchev–Trinajstić information content (AvgIpc) is 3.30. The Morgan fingerprint density at radius 3 is 2.40 bits per heavy atom. The van der Waals surface area contributed by atoms with Gasteiger partial charge in [-0.2, -0.15) is 0 Å². The Morgan fingerprint density at radius 2 is 1.83 bits per heavy atom. The molecular formula is C22H25N3O5. The molecule has 2 aromatic rings. The van der Waals surface area contributed by atoms with Crippen LogP contribution in [0.3, 0.4) is 0 Å². The van der Waals surface area contributed by atoms with Crippen LogP contribution >= 0.6 is 0 Å². The second kappa shape index (κ2) is 7.59. The third-order valence-corrected chi connectivity index (χ3v) is 6.43. The smallest absolute Gasteiger partial charge is 0.326 e. The van der Waals surface area contributed by atoms with Crippen LogP contribution in [0.15, 0.2) is 34.9 Å². The molecule has 2 saturated heterocycles. The topological polar surface area (TPSA) is 104 Å². The van der Waals surface area contributed by atoms with Gasteiger partial charge in [-0.25, -0.2) is 4.79 Å².